The van der Waals surface area contributed by atoms with Crippen LogP contribution in [0.3, 0.4) is 0 Å². The zero-order chi connectivity index (χ0) is 26.0. The van der Waals surface area contributed by atoms with Crippen LogP contribution < -0.4 is 10.6 Å². The van der Waals surface area contributed by atoms with Crippen molar-refractivity contribution >= 4 is 22.7 Å². The van der Waals surface area contributed by atoms with Gasteiger partial charge in [-0.2, -0.15) is 4.98 Å². The van der Waals surface area contributed by atoms with Gasteiger partial charge in [-0.1, -0.05) is 84.3 Å². The molecule has 202 valence electrons. The molecule has 2 aliphatic carbocycles. The van der Waals surface area contributed by atoms with Gasteiger partial charge in [0.1, 0.15) is 5.65 Å². The smallest absolute Gasteiger partial charge is 0.224 e. The Morgan fingerprint density at radius 2 is 1.57 bits per heavy atom. The molecule has 5 heteroatoms. The van der Waals surface area contributed by atoms with Crippen LogP contribution in [-0.2, 0) is 0 Å². The Bertz CT molecular complexity index is 1070. The van der Waals surface area contributed by atoms with Crippen LogP contribution in [-0.4, -0.2) is 26.6 Å². The van der Waals surface area contributed by atoms with Gasteiger partial charge in [0, 0.05) is 47.2 Å². The lowest BCUT2D eigenvalue weighted by Gasteiger charge is -2.24. The molecular weight excluding hydrogens is 454 g/mol. The van der Waals surface area contributed by atoms with Crippen molar-refractivity contribution in [1.82, 2.24) is 14.5 Å². The molecule has 5 nitrogen and oxygen atoms in total. The normalized spacial score (nSPS) is 18.1. The molecule has 3 aromatic rings. The summed E-state index contributed by atoms with van der Waals surface area (Å²) < 4.78 is 2.46. The molecule has 2 heterocycles. The van der Waals surface area contributed by atoms with Crippen molar-refractivity contribution in [3.05, 3.63) is 36.7 Å². The molecule has 2 fully saturated rings. The van der Waals surface area contributed by atoms with Gasteiger partial charge in [-0.3, -0.25) is 0 Å². The van der Waals surface area contributed by atoms with Crippen molar-refractivity contribution in [1.29, 1.82) is 0 Å². The summed E-state index contributed by atoms with van der Waals surface area (Å²) in [6.45, 7) is 8.44. The molecule has 0 aliphatic heterocycles. The number of nitrogens with one attached hydrogen (secondary N) is 2. The number of fused-ring (bicyclic) bond motifs is 1. The molecule has 5 rings (SSSR count). The van der Waals surface area contributed by atoms with Crippen LogP contribution in [0.4, 0.5) is 11.6 Å². The summed E-state index contributed by atoms with van der Waals surface area (Å²) in [5, 5.41) is 8.47. The predicted octanol–water partition coefficient (Wildman–Crippen LogP) is 9.36. The van der Waals surface area contributed by atoms with Gasteiger partial charge in [-0.15, -0.1) is 0 Å². The van der Waals surface area contributed by atoms with Crippen LogP contribution >= 0.6 is 0 Å². The SMILES string of the molecule is CC.CCC[C@H](C)Nc1ncc2c(-c3ccc(NC4CCCCCC4)cc3)cn(C3CCCCC3)c2n1. The first kappa shape index (κ1) is 27.5. The molecule has 0 spiro atoms. The lowest BCUT2D eigenvalue weighted by Crippen LogP contribution is -2.17. The van der Waals surface area contributed by atoms with Crippen molar-refractivity contribution < 1.29 is 0 Å². The van der Waals surface area contributed by atoms with E-state index in [1.165, 1.54) is 87.4 Å². The van der Waals surface area contributed by atoms with Gasteiger partial charge in [0.15, 0.2) is 0 Å². The molecule has 0 saturated heterocycles. The van der Waals surface area contributed by atoms with E-state index >= 15 is 0 Å². The highest BCUT2D eigenvalue weighted by molar-refractivity contribution is 5.94. The minimum atomic E-state index is 0.378. The van der Waals surface area contributed by atoms with E-state index in [0.717, 1.165) is 29.8 Å². The first-order chi connectivity index (χ1) is 18.2. The van der Waals surface area contributed by atoms with E-state index in [1.54, 1.807) is 0 Å². The molecule has 0 unspecified atom stereocenters. The van der Waals surface area contributed by atoms with E-state index in [9.17, 15) is 0 Å². The average molecular weight is 504 g/mol. The minimum Gasteiger partial charge on any atom is -0.382 e. The Kier molecular flexibility index (Phi) is 10.3. The number of benzene rings is 1. The lowest BCUT2D eigenvalue weighted by atomic mass is 9.95. The maximum absolute atomic E-state index is 5.05. The van der Waals surface area contributed by atoms with Crippen molar-refractivity contribution in [2.75, 3.05) is 10.6 Å². The average Bonchev–Trinajstić information content (AvgIpc) is 3.11. The van der Waals surface area contributed by atoms with Crippen LogP contribution in [0.25, 0.3) is 22.2 Å². The summed E-state index contributed by atoms with van der Waals surface area (Å²) in [7, 11) is 0. The Morgan fingerprint density at radius 1 is 0.919 bits per heavy atom. The predicted molar refractivity (Wildman–Crippen MR) is 160 cm³/mol. The minimum absolute atomic E-state index is 0.378. The number of anilines is 2. The first-order valence-corrected chi connectivity index (χ1v) is 15.2. The Hall–Kier alpha value is -2.56. The molecule has 1 aromatic carbocycles. The van der Waals surface area contributed by atoms with E-state index in [0.29, 0.717) is 18.1 Å². The van der Waals surface area contributed by atoms with Gasteiger partial charge in [0.2, 0.25) is 5.95 Å². The molecule has 2 aromatic heterocycles. The van der Waals surface area contributed by atoms with Crippen LogP contribution in [0.15, 0.2) is 36.7 Å². The molecule has 2 N–H and O–H groups in total. The van der Waals surface area contributed by atoms with Crippen molar-refractivity contribution in [2.24, 2.45) is 0 Å². The zero-order valence-corrected chi connectivity index (χ0v) is 23.7. The number of hydrogen-bond acceptors (Lipinski definition) is 4. The summed E-state index contributed by atoms with van der Waals surface area (Å²) in [6, 6.07) is 10.6. The molecular formula is C32H49N5. The lowest BCUT2D eigenvalue weighted by molar-refractivity contribution is 0.360. The third-order valence-corrected chi connectivity index (χ3v) is 8.06. The number of aromatic nitrogens is 3. The Balaban J connectivity index is 0.00000156. The monoisotopic (exact) mass is 503 g/mol. The van der Waals surface area contributed by atoms with E-state index in [4.69, 9.17) is 9.97 Å². The van der Waals surface area contributed by atoms with Crippen LogP contribution in [0.1, 0.15) is 117 Å². The van der Waals surface area contributed by atoms with Crippen molar-refractivity contribution in [2.45, 2.75) is 129 Å². The van der Waals surface area contributed by atoms with E-state index in [2.05, 4.69) is 59.5 Å². The van der Waals surface area contributed by atoms with Gasteiger partial charge in [0.25, 0.3) is 0 Å². The summed E-state index contributed by atoms with van der Waals surface area (Å²) in [6.07, 6.45) is 21.2. The fraction of sp³-hybridized carbons (Fsp3) is 0.625. The third kappa shape index (κ3) is 7.06. The fourth-order valence-electron chi connectivity index (χ4n) is 6.10. The number of nitrogens with zero attached hydrogens (tertiary/aromatic N) is 3. The quantitative estimate of drug-likeness (QED) is 0.301. The highest BCUT2D eigenvalue weighted by Gasteiger charge is 2.21. The maximum Gasteiger partial charge on any atom is 0.224 e. The van der Waals surface area contributed by atoms with Gasteiger partial charge >= 0.3 is 0 Å². The van der Waals surface area contributed by atoms with Gasteiger partial charge in [0.05, 0.1) is 0 Å². The highest BCUT2D eigenvalue weighted by Crippen LogP contribution is 2.37. The topological polar surface area (TPSA) is 54.8 Å². The summed E-state index contributed by atoms with van der Waals surface area (Å²) in [4.78, 5) is 9.78. The Morgan fingerprint density at radius 3 is 2.24 bits per heavy atom. The summed E-state index contributed by atoms with van der Waals surface area (Å²) in [5.74, 6) is 0.753. The second kappa shape index (κ2) is 13.8. The molecule has 1 atom stereocenters. The van der Waals surface area contributed by atoms with Crippen LogP contribution in [0, 0.1) is 0 Å². The molecule has 0 radical (unpaired) electrons. The second-order valence-corrected chi connectivity index (χ2v) is 10.9. The van der Waals surface area contributed by atoms with Crippen LogP contribution in [0.5, 0.6) is 0 Å². The second-order valence-electron chi connectivity index (χ2n) is 10.9. The summed E-state index contributed by atoms with van der Waals surface area (Å²) in [5.41, 5.74) is 4.82. The summed E-state index contributed by atoms with van der Waals surface area (Å²) >= 11 is 0. The molecule has 0 bridgehead atoms. The van der Waals surface area contributed by atoms with Crippen molar-refractivity contribution in [3.63, 3.8) is 0 Å². The molecule has 2 aliphatic rings. The maximum atomic E-state index is 5.05. The van der Waals surface area contributed by atoms with Crippen molar-refractivity contribution in [3.8, 4) is 11.1 Å². The largest absolute Gasteiger partial charge is 0.382 e. The van der Waals surface area contributed by atoms with Crippen LogP contribution in [0.2, 0.25) is 0 Å². The van der Waals surface area contributed by atoms with Gasteiger partial charge < -0.3 is 15.2 Å². The Labute approximate surface area is 224 Å². The molecule has 37 heavy (non-hydrogen) atoms. The van der Waals surface area contributed by atoms with Gasteiger partial charge in [-0.25, -0.2) is 4.98 Å². The van der Waals surface area contributed by atoms with E-state index < -0.39 is 0 Å². The van der Waals surface area contributed by atoms with E-state index in [1.807, 2.05) is 20.0 Å². The van der Waals surface area contributed by atoms with E-state index in [-0.39, 0.29) is 0 Å². The zero-order valence-electron chi connectivity index (χ0n) is 23.7. The highest BCUT2D eigenvalue weighted by atomic mass is 15.2. The fourth-order valence-corrected chi connectivity index (χ4v) is 6.10. The standard InChI is InChI=1S/C30H43N5.C2H6/c1-3-11-22(2)32-30-31-20-27-28(21-35(29(27)34-30)26-14-9-6-10-15-26)23-16-18-25(19-17-23)33-24-12-7-4-5-8-13-24;1-2/h16-22,24,26,33H,3-15H2,1-2H3,(H,31,32,34);1-2H3/t22-;/m0./s1. The first-order valence-electron chi connectivity index (χ1n) is 15.2. The van der Waals surface area contributed by atoms with Gasteiger partial charge in [-0.05, 0) is 56.7 Å². The third-order valence-electron chi connectivity index (χ3n) is 8.06. The number of rotatable bonds is 8. The number of hydrogen-bond donors (Lipinski definition) is 2. The molecule has 2 saturated carbocycles. The molecule has 0 amide bonds.